The summed E-state index contributed by atoms with van der Waals surface area (Å²) in [4.78, 5) is 4.27. The molecule has 0 bridgehead atoms. The van der Waals surface area contributed by atoms with Crippen LogP contribution in [-0.2, 0) is 6.54 Å². The molecule has 0 spiro atoms. The predicted octanol–water partition coefficient (Wildman–Crippen LogP) is 3.04. The van der Waals surface area contributed by atoms with Gasteiger partial charge in [0.25, 0.3) is 0 Å². The Morgan fingerprint density at radius 1 is 1.10 bits per heavy atom. The maximum Gasteiger partial charge on any atom is 0.218 e. The maximum atomic E-state index is 5.69. The Hall–Kier alpha value is -2.07. The van der Waals surface area contributed by atoms with E-state index in [1.54, 1.807) is 6.20 Å². The Morgan fingerprint density at radius 3 is 2.67 bits per heavy atom. The topological polar surface area (TPSA) is 43.4 Å². The van der Waals surface area contributed by atoms with E-state index in [1.807, 2.05) is 56.3 Å². The second-order valence-electron chi connectivity index (χ2n) is 4.97. The van der Waals surface area contributed by atoms with Gasteiger partial charge >= 0.3 is 0 Å². The van der Waals surface area contributed by atoms with Gasteiger partial charge in [0.2, 0.25) is 5.88 Å². The van der Waals surface area contributed by atoms with Crippen LogP contribution < -0.4 is 14.8 Å². The van der Waals surface area contributed by atoms with E-state index in [0.717, 1.165) is 17.9 Å². The molecule has 4 nitrogen and oxygen atoms in total. The summed E-state index contributed by atoms with van der Waals surface area (Å²) in [6, 6.07) is 13.8. The van der Waals surface area contributed by atoms with Gasteiger partial charge in [-0.05, 0) is 32.0 Å². The fraction of sp³-hybridized carbons (Fsp3) is 0.353. The molecule has 0 atom stereocenters. The highest BCUT2D eigenvalue weighted by Crippen LogP contribution is 2.15. The van der Waals surface area contributed by atoms with Gasteiger partial charge in [-0.15, -0.1) is 0 Å². The molecular weight excluding hydrogens is 264 g/mol. The molecule has 0 amide bonds. The minimum atomic E-state index is 0.125. The van der Waals surface area contributed by atoms with Gasteiger partial charge in [0.05, 0.1) is 6.10 Å². The first-order chi connectivity index (χ1) is 10.3. The number of aromatic nitrogens is 1. The highest BCUT2D eigenvalue weighted by Gasteiger charge is 2.05. The third-order valence-corrected chi connectivity index (χ3v) is 2.80. The molecule has 0 saturated heterocycles. The number of ether oxygens (including phenoxy) is 2. The summed E-state index contributed by atoms with van der Waals surface area (Å²) in [7, 11) is 0. The standard InChI is InChI=1S/C17H22N2O2/c1-14(2)21-17-15(7-6-10-19-17)13-18-11-12-20-16-8-4-3-5-9-16/h3-10,14,18H,11-13H2,1-2H3. The highest BCUT2D eigenvalue weighted by molar-refractivity contribution is 5.25. The van der Waals surface area contributed by atoms with Gasteiger partial charge < -0.3 is 14.8 Å². The van der Waals surface area contributed by atoms with Crippen LogP contribution in [0.2, 0.25) is 0 Å². The van der Waals surface area contributed by atoms with E-state index in [1.165, 1.54) is 0 Å². The SMILES string of the molecule is CC(C)Oc1ncccc1CNCCOc1ccccc1. The first-order valence-corrected chi connectivity index (χ1v) is 7.25. The number of hydrogen-bond acceptors (Lipinski definition) is 4. The van der Waals surface area contributed by atoms with Crippen LogP contribution in [0.3, 0.4) is 0 Å². The summed E-state index contributed by atoms with van der Waals surface area (Å²) in [5.74, 6) is 1.59. The van der Waals surface area contributed by atoms with E-state index in [0.29, 0.717) is 19.0 Å². The number of nitrogens with one attached hydrogen (secondary N) is 1. The quantitative estimate of drug-likeness (QED) is 0.758. The van der Waals surface area contributed by atoms with Crippen LogP contribution in [0.4, 0.5) is 0 Å². The van der Waals surface area contributed by atoms with Gasteiger partial charge in [0, 0.05) is 24.8 Å². The smallest absolute Gasteiger partial charge is 0.218 e. The molecule has 0 aliphatic heterocycles. The Morgan fingerprint density at radius 2 is 1.90 bits per heavy atom. The molecule has 112 valence electrons. The van der Waals surface area contributed by atoms with Crippen molar-refractivity contribution in [3.05, 3.63) is 54.2 Å². The lowest BCUT2D eigenvalue weighted by Crippen LogP contribution is -2.21. The number of pyridine rings is 1. The number of rotatable bonds is 8. The number of hydrogen-bond donors (Lipinski definition) is 1. The Labute approximate surface area is 126 Å². The zero-order valence-corrected chi connectivity index (χ0v) is 12.6. The minimum Gasteiger partial charge on any atom is -0.492 e. The van der Waals surface area contributed by atoms with Crippen molar-refractivity contribution in [3.8, 4) is 11.6 Å². The first kappa shape index (κ1) is 15.3. The van der Waals surface area contributed by atoms with E-state index in [2.05, 4.69) is 10.3 Å². The van der Waals surface area contributed by atoms with Crippen molar-refractivity contribution < 1.29 is 9.47 Å². The van der Waals surface area contributed by atoms with Crippen LogP contribution in [0.5, 0.6) is 11.6 Å². The van der Waals surface area contributed by atoms with Crippen LogP contribution in [0.25, 0.3) is 0 Å². The molecule has 0 saturated carbocycles. The normalized spacial score (nSPS) is 10.6. The highest BCUT2D eigenvalue weighted by atomic mass is 16.5. The van der Waals surface area contributed by atoms with E-state index < -0.39 is 0 Å². The van der Waals surface area contributed by atoms with Crippen LogP contribution >= 0.6 is 0 Å². The van der Waals surface area contributed by atoms with Crippen LogP contribution in [0.15, 0.2) is 48.7 Å². The molecule has 1 N–H and O–H groups in total. The summed E-state index contributed by atoms with van der Waals surface area (Å²) in [6.45, 7) is 6.11. The molecule has 0 aliphatic rings. The zero-order valence-electron chi connectivity index (χ0n) is 12.6. The molecule has 21 heavy (non-hydrogen) atoms. The van der Waals surface area contributed by atoms with E-state index in [4.69, 9.17) is 9.47 Å². The number of para-hydroxylation sites is 1. The first-order valence-electron chi connectivity index (χ1n) is 7.25. The third kappa shape index (κ3) is 5.44. The molecule has 4 heteroatoms. The van der Waals surface area contributed by atoms with Crippen LogP contribution in [-0.4, -0.2) is 24.2 Å². The Bertz CT molecular complexity index is 529. The number of benzene rings is 1. The lowest BCUT2D eigenvalue weighted by Gasteiger charge is -2.13. The summed E-state index contributed by atoms with van der Waals surface area (Å²) in [6.07, 6.45) is 1.87. The van der Waals surface area contributed by atoms with Crippen LogP contribution in [0.1, 0.15) is 19.4 Å². The third-order valence-electron chi connectivity index (χ3n) is 2.80. The van der Waals surface area contributed by atoms with Crippen molar-refractivity contribution in [2.45, 2.75) is 26.5 Å². The maximum absolute atomic E-state index is 5.69. The molecular formula is C17H22N2O2. The van der Waals surface area contributed by atoms with E-state index in [-0.39, 0.29) is 6.10 Å². The molecule has 1 aromatic heterocycles. The molecule has 0 unspecified atom stereocenters. The summed E-state index contributed by atoms with van der Waals surface area (Å²) < 4.78 is 11.3. The van der Waals surface area contributed by atoms with Gasteiger partial charge in [0.15, 0.2) is 0 Å². The van der Waals surface area contributed by atoms with Crippen molar-refractivity contribution in [2.75, 3.05) is 13.2 Å². The lowest BCUT2D eigenvalue weighted by molar-refractivity contribution is 0.229. The van der Waals surface area contributed by atoms with Gasteiger partial charge in [-0.2, -0.15) is 0 Å². The van der Waals surface area contributed by atoms with E-state index >= 15 is 0 Å². The Kier molecular flexibility index (Phi) is 6.03. The molecule has 2 rings (SSSR count). The van der Waals surface area contributed by atoms with Gasteiger partial charge in [0.1, 0.15) is 12.4 Å². The van der Waals surface area contributed by atoms with Crippen molar-refractivity contribution >= 4 is 0 Å². The number of nitrogens with zero attached hydrogens (tertiary/aromatic N) is 1. The molecule has 0 radical (unpaired) electrons. The lowest BCUT2D eigenvalue weighted by atomic mass is 10.2. The van der Waals surface area contributed by atoms with Gasteiger partial charge in [-0.3, -0.25) is 0 Å². The molecule has 1 aromatic carbocycles. The molecule has 2 aromatic rings. The Balaban J connectivity index is 1.73. The fourth-order valence-corrected chi connectivity index (χ4v) is 1.87. The molecule has 0 fully saturated rings. The molecule has 0 aliphatic carbocycles. The summed E-state index contributed by atoms with van der Waals surface area (Å²) in [5.41, 5.74) is 1.06. The molecule has 1 heterocycles. The second kappa shape index (κ2) is 8.27. The van der Waals surface area contributed by atoms with Crippen molar-refractivity contribution in [1.29, 1.82) is 0 Å². The predicted molar refractivity (Wildman–Crippen MR) is 83.6 cm³/mol. The van der Waals surface area contributed by atoms with E-state index in [9.17, 15) is 0 Å². The summed E-state index contributed by atoms with van der Waals surface area (Å²) >= 11 is 0. The fourth-order valence-electron chi connectivity index (χ4n) is 1.87. The summed E-state index contributed by atoms with van der Waals surface area (Å²) in [5, 5.41) is 3.34. The second-order valence-corrected chi connectivity index (χ2v) is 4.97. The monoisotopic (exact) mass is 286 g/mol. The van der Waals surface area contributed by atoms with Gasteiger partial charge in [-0.25, -0.2) is 4.98 Å². The average molecular weight is 286 g/mol. The van der Waals surface area contributed by atoms with Crippen molar-refractivity contribution in [1.82, 2.24) is 10.3 Å². The average Bonchev–Trinajstić information content (AvgIpc) is 2.49. The van der Waals surface area contributed by atoms with Gasteiger partial charge in [-0.1, -0.05) is 24.3 Å². The van der Waals surface area contributed by atoms with Crippen molar-refractivity contribution in [3.63, 3.8) is 0 Å². The largest absolute Gasteiger partial charge is 0.492 e. The van der Waals surface area contributed by atoms with Crippen LogP contribution in [0, 0.1) is 0 Å². The van der Waals surface area contributed by atoms with Crippen molar-refractivity contribution in [2.24, 2.45) is 0 Å². The minimum absolute atomic E-state index is 0.125. The zero-order chi connectivity index (χ0) is 14.9.